The molecule has 0 saturated heterocycles. The molecular weight excluding hydrogens is 401 g/mol. The van der Waals surface area contributed by atoms with Gasteiger partial charge in [0.25, 0.3) is 5.22 Å². The Kier molecular flexibility index (Phi) is 5.81. The lowest BCUT2D eigenvalue weighted by molar-refractivity contribution is 0.102. The van der Waals surface area contributed by atoms with E-state index in [4.69, 9.17) is 4.42 Å². The minimum Gasteiger partial charge on any atom is -0.411 e. The van der Waals surface area contributed by atoms with Crippen LogP contribution in [0.2, 0.25) is 0 Å². The van der Waals surface area contributed by atoms with Crippen molar-refractivity contribution < 1.29 is 13.6 Å². The van der Waals surface area contributed by atoms with Gasteiger partial charge in [0.2, 0.25) is 5.89 Å². The monoisotopic (exact) mass is 421 g/mol. The second-order valence-corrected chi connectivity index (χ2v) is 7.88. The molecule has 7 heteroatoms. The van der Waals surface area contributed by atoms with E-state index in [1.165, 1.54) is 23.9 Å². The van der Waals surface area contributed by atoms with Gasteiger partial charge >= 0.3 is 0 Å². The fraction of sp³-hybridized carbons (Fsp3) is 0.174. The molecule has 0 aliphatic rings. The fourth-order valence-electron chi connectivity index (χ4n) is 3.27. The predicted octanol–water partition coefficient (Wildman–Crippen LogP) is 5.32. The van der Waals surface area contributed by atoms with E-state index in [0.717, 1.165) is 22.5 Å². The average Bonchev–Trinajstić information content (AvgIpc) is 3.34. The maximum absolute atomic E-state index is 13.1. The van der Waals surface area contributed by atoms with Crippen molar-refractivity contribution in [2.75, 3.05) is 5.75 Å². The lowest BCUT2D eigenvalue weighted by atomic mass is 10.2. The molecule has 0 bridgehead atoms. The molecule has 0 fully saturated rings. The molecule has 4 rings (SSSR count). The largest absolute Gasteiger partial charge is 0.411 e. The summed E-state index contributed by atoms with van der Waals surface area (Å²) in [4.78, 5) is 12.8. The van der Waals surface area contributed by atoms with Crippen LogP contribution in [0.15, 0.2) is 70.3 Å². The summed E-state index contributed by atoms with van der Waals surface area (Å²) in [5.74, 6) is 0.377. The normalized spacial score (nSPS) is 11.0. The van der Waals surface area contributed by atoms with Crippen molar-refractivity contribution in [1.29, 1.82) is 0 Å². The van der Waals surface area contributed by atoms with E-state index in [9.17, 15) is 9.18 Å². The van der Waals surface area contributed by atoms with E-state index in [0.29, 0.717) is 23.2 Å². The van der Waals surface area contributed by atoms with Crippen LogP contribution in [0.4, 0.5) is 4.39 Å². The molecule has 4 aromatic rings. The van der Waals surface area contributed by atoms with Gasteiger partial charge in [0, 0.05) is 29.1 Å². The van der Waals surface area contributed by atoms with Crippen LogP contribution in [0.5, 0.6) is 0 Å². The van der Waals surface area contributed by atoms with Crippen molar-refractivity contribution in [1.82, 2.24) is 14.8 Å². The van der Waals surface area contributed by atoms with E-state index in [1.807, 2.05) is 50.2 Å². The van der Waals surface area contributed by atoms with Gasteiger partial charge in [0.1, 0.15) is 5.82 Å². The number of benzene rings is 2. The van der Waals surface area contributed by atoms with Gasteiger partial charge in [0.15, 0.2) is 5.78 Å². The third kappa shape index (κ3) is 4.36. The molecule has 2 aromatic heterocycles. The first-order chi connectivity index (χ1) is 14.5. The average molecular weight is 421 g/mol. The number of halogens is 1. The zero-order valence-corrected chi connectivity index (χ0v) is 17.4. The van der Waals surface area contributed by atoms with Crippen molar-refractivity contribution in [2.45, 2.75) is 25.6 Å². The number of aromatic nitrogens is 3. The van der Waals surface area contributed by atoms with Gasteiger partial charge in [-0.05, 0) is 49.7 Å². The van der Waals surface area contributed by atoms with Crippen LogP contribution in [0.3, 0.4) is 0 Å². The van der Waals surface area contributed by atoms with E-state index < -0.39 is 0 Å². The number of carbonyl (C=O) groups excluding carboxylic acids is 1. The molecule has 0 atom stereocenters. The Hall–Kier alpha value is -3.19. The molecule has 0 radical (unpaired) electrons. The molecule has 0 spiro atoms. The van der Waals surface area contributed by atoms with Gasteiger partial charge in [-0.15, -0.1) is 10.2 Å². The zero-order chi connectivity index (χ0) is 21.1. The summed E-state index contributed by atoms with van der Waals surface area (Å²) in [5.41, 5.74) is 4.36. The molecule has 0 unspecified atom stereocenters. The van der Waals surface area contributed by atoms with Crippen molar-refractivity contribution in [3.05, 3.63) is 89.0 Å². The highest BCUT2D eigenvalue weighted by Gasteiger charge is 2.18. The Balaban J connectivity index is 1.44. The molecular formula is C23H20FN3O2S. The van der Waals surface area contributed by atoms with Gasteiger partial charge in [0.05, 0.1) is 5.75 Å². The molecule has 0 aliphatic carbocycles. The summed E-state index contributed by atoms with van der Waals surface area (Å²) >= 11 is 1.23. The summed E-state index contributed by atoms with van der Waals surface area (Å²) in [7, 11) is 0. The number of carbonyl (C=O) groups is 1. The number of ketones is 1. The number of thioether (sulfide) groups is 1. The first-order valence-corrected chi connectivity index (χ1v) is 10.5. The summed E-state index contributed by atoms with van der Waals surface area (Å²) < 4.78 is 20.9. The third-order valence-corrected chi connectivity index (χ3v) is 5.70. The fourth-order valence-corrected chi connectivity index (χ4v) is 3.92. The van der Waals surface area contributed by atoms with Gasteiger partial charge in [-0.2, -0.15) is 0 Å². The van der Waals surface area contributed by atoms with Crippen LogP contribution < -0.4 is 0 Å². The smallest absolute Gasteiger partial charge is 0.277 e. The molecule has 0 N–H and O–H groups in total. The van der Waals surface area contributed by atoms with Gasteiger partial charge in [-0.1, -0.05) is 42.1 Å². The van der Waals surface area contributed by atoms with Crippen LogP contribution in [0, 0.1) is 19.7 Å². The molecule has 2 heterocycles. The zero-order valence-electron chi connectivity index (χ0n) is 16.6. The molecule has 30 heavy (non-hydrogen) atoms. The number of hydrogen-bond acceptors (Lipinski definition) is 5. The van der Waals surface area contributed by atoms with Crippen LogP contribution in [0.1, 0.15) is 27.3 Å². The number of rotatable bonds is 7. The minimum atomic E-state index is -0.260. The Morgan fingerprint density at radius 2 is 1.80 bits per heavy atom. The minimum absolute atomic E-state index is 0.00193. The first-order valence-electron chi connectivity index (χ1n) is 9.47. The molecule has 0 saturated carbocycles. The highest BCUT2D eigenvalue weighted by atomic mass is 32.2. The maximum atomic E-state index is 13.1. The third-order valence-electron chi connectivity index (χ3n) is 4.88. The van der Waals surface area contributed by atoms with Crippen LogP contribution in [0.25, 0.3) is 11.5 Å². The number of Topliss-reactive ketones (excluding diaryl/α,β-unsaturated/α-hetero) is 1. The standard InChI is InChI=1S/C23H20FN3O2S/c1-15-12-20(16(2)27(15)13-17-8-10-19(24)11-9-17)21(28)14-30-23-26-25-22(29-23)18-6-4-3-5-7-18/h3-12H,13-14H2,1-2H3. The highest BCUT2D eigenvalue weighted by molar-refractivity contribution is 7.99. The number of hydrogen-bond donors (Lipinski definition) is 0. The highest BCUT2D eigenvalue weighted by Crippen LogP contribution is 2.25. The molecule has 5 nitrogen and oxygen atoms in total. The van der Waals surface area contributed by atoms with Crippen LogP contribution >= 0.6 is 11.8 Å². The van der Waals surface area contributed by atoms with Gasteiger partial charge in [-0.3, -0.25) is 4.79 Å². The Morgan fingerprint density at radius 3 is 2.53 bits per heavy atom. The Labute approximate surface area is 177 Å². The second kappa shape index (κ2) is 8.67. The second-order valence-electron chi connectivity index (χ2n) is 6.95. The number of aryl methyl sites for hydroxylation is 1. The van der Waals surface area contributed by atoms with Crippen molar-refractivity contribution in [2.24, 2.45) is 0 Å². The SMILES string of the molecule is Cc1cc(C(=O)CSc2nnc(-c3ccccc3)o2)c(C)n1Cc1ccc(F)cc1. The molecule has 0 aliphatic heterocycles. The van der Waals surface area contributed by atoms with Crippen LogP contribution in [-0.2, 0) is 6.54 Å². The lowest BCUT2D eigenvalue weighted by Crippen LogP contribution is -2.07. The summed E-state index contributed by atoms with van der Waals surface area (Å²) in [5, 5.41) is 8.43. The summed E-state index contributed by atoms with van der Waals surface area (Å²) in [6.07, 6.45) is 0. The van der Waals surface area contributed by atoms with E-state index in [1.54, 1.807) is 12.1 Å². The first kappa shape index (κ1) is 20.1. The molecule has 0 amide bonds. The topological polar surface area (TPSA) is 60.9 Å². The number of nitrogens with zero attached hydrogens (tertiary/aromatic N) is 3. The quantitative estimate of drug-likeness (QED) is 0.299. The van der Waals surface area contributed by atoms with Gasteiger partial charge < -0.3 is 8.98 Å². The van der Waals surface area contributed by atoms with Crippen LogP contribution in [-0.4, -0.2) is 26.3 Å². The van der Waals surface area contributed by atoms with Crippen molar-refractivity contribution in [3.63, 3.8) is 0 Å². The van der Waals surface area contributed by atoms with Crippen molar-refractivity contribution >= 4 is 17.5 Å². The van der Waals surface area contributed by atoms with Gasteiger partial charge in [-0.25, -0.2) is 4.39 Å². The van der Waals surface area contributed by atoms with E-state index in [-0.39, 0.29) is 17.4 Å². The predicted molar refractivity (Wildman–Crippen MR) is 114 cm³/mol. The van der Waals surface area contributed by atoms with E-state index >= 15 is 0 Å². The summed E-state index contributed by atoms with van der Waals surface area (Å²) in [6.45, 7) is 4.47. The molecule has 2 aromatic carbocycles. The van der Waals surface area contributed by atoms with Crippen molar-refractivity contribution in [3.8, 4) is 11.5 Å². The van der Waals surface area contributed by atoms with E-state index in [2.05, 4.69) is 14.8 Å². The maximum Gasteiger partial charge on any atom is 0.277 e. The lowest BCUT2D eigenvalue weighted by Gasteiger charge is -2.10. The Morgan fingerprint density at radius 1 is 1.07 bits per heavy atom. The molecule has 152 valence electrons. The Bertz CT molecular complexity index is 1170. The summed E-state index contributed by atoms with van der Waals surface area (Å²) in [6, 6.07) is 17.8.